The van der Waals surface area contributed by atoms with Crippen LogP contribution in [0.4, 0.5) is 4.79 Å². The first-order chi connectivity index (χ1) is 5.68. The summed E-state index contributed by atoms with van der Waals surface area (Å²) in [6.45, 7) is 1.00. The molecule has 3 nitrogen and oxygen atoms in total. The summed E-state index contributed by atoms with van der Waals surface area (Å²) in [5.41, 5.74) is 0. The first kappa shape index (κ1) is 7.90. The van der Waals surface area contributed by atoms with E-state index in [2.05, 4.69) is 0 Å². The van der Waals surface area contributed by atoms with Crippen LogP contribution < -0.4 is 0 Å². The number of rotatable bonds is 0. The predicted molar refractivity (Wildman–Crippen MR) is 46.9 cm³/mol. The van der Waals surface area contributed by atoms with E-state index in [1.807, 2.05) is 19.0 Å². The van der Waals surface area contributed by atoms with E-state index in [-0.39, 0.29) is 6.03 Å². The van der Waals surface area contributed by atoms with Gasteiger partial charge in [0, 0.05) is 26.7 Å². The van der Waals surface area contributed by atoms with Crippen molar-refractivity contribution in [2.75, 3.05) is 20.6 Å². The molecule has 2 bridgehead atoms. The predicted octanol–water partition coefficient (Wildman–Crippen LogP) is 1.15. The van der Waals surface area contributed by atoms with Crippen molar-refractivity contribution in [1.29, 1.82) is 0 Å². The minimum absolute atomic E-state index is 0.196. The lowest BCUT2D eigenvalue weighted by Crippen LogP contribution is -2.43. The summed E-state index contributed by atoms with van der Waals surface area (Å²) in [6.07, 6.45) is 3.81. The van der Waals surface area contributed by atoms with Gasteiger partial charge in [-0.3, -0.25) is 0 Å². The molecule has 2 aliphatic rings. The van der Waals surface area contributed by atoms with Crippen LogP contribution in [0.1, 0.15) is 19.3 Å². The highest BCUT2D eigenvalue weighted by Crippen LogP contribution is 2.37. The summed E-state index contributed by atoms with van der Waals surface area (Å²) in [7, 11) is 3.66. The smallest absolute Gasteiger partial charge is 0.319 e. The molecule has 2 rings (SSSR count). The van der Waals surface area contributed by atoms with Crippen LogP contribution in [0.3, 0.4) is 0 Å². The summed E-state index contributed by atoms with van der Waals surface area (Å²) in [5.74, 6) is 0.805. The standard InChI is InChI=1S/C9H16N2O/c1-10(2)9(12)11-6-7-3-4-8(11)5-7/h7-8H,3-6H2,1-2H3. The van der Waals surface area contributed by atoms with Gasteiger partial charge in [0.05, 0.1) is 0 Å². The second-order valence-electron chi connectivity index (χ2n) is 4.16. The van der Waals surface area contributed by atoms with Crippen LogP contribution in [0.2, 0.25) is 0 Å². The van der Waals surface area contributed by atoms with Gasteiger partial charge < -0.3 is 9.80 Å². The maximum absolute atomic E-state index is 11.6. The van der Waals surface area contributed by atoms with E-state index in [1.165, 1.54) is 19.3 Å². The molecular formula is C9H16N2O. The van der Waals surface area contributed by atoms with Crippen molar-refractivity contribution in [3.05, 3.63) is 0 Å². The lowest BCUT2D eigenvalue weighted by Gasteiger charge is -2.29. The van der Waals surface area contributed by atoms with Crippen LogP contribution >= 0.6 is 0 Å². The topological polar surface area (TPSA) is 23.6 Å². The summed E-state index contributed by atoms with van der Waals surface area (Å²) < 4.78 is 0. The number of hydrogen-bond donors (Lipinski definition) is 0. The van der Waals surface area contributed by atoms with Crippen molar-refractivity contribution in [2.24, 2.45) is 5.92 Å². The Labute approximate surface area is 73.3 Å². The molecule has 0 aromatic heterocycles. The number of hydrogen-bond acceptors (Lipinski definition) is 1. The third-order valence-electron chi connectivity index (χ3n) is 3.04. The van der Waals surface area contributed by atoms with Crippen LogP contribution in [-0.2, 0) is 0 Å². The third kappa shape index (κ3) is 1.08. The molecule has 12 heavy (non-hydrogen) atoms. The highest BCUT2D eigenvalue weighted by molar-refractivity contribution is 5.74. The Bertz CT molecular complexity index is 203. The number of urea groups is 1. The SMILES string of the molecule is CN(C)C(=O)N1CC2CCC1C2. The van der Waals surface area contributed by atoms with E-state index in [9.17, 15) is 4.79 Å². The fourth-order valence-electron chi connectivity index (χ4n) is 2.42. The van der Waals surface area contributed by atoms with E-state index in [1.54, 1.807) is 4.90 Å². The van der Waals surface area contributed by atoms with Gasteiger partial charge in [0.1, 0.15) is 0 Å². The third-order valence-corrected chi connectivity index (χ3v) is 3.04. The number of fused-ring (bicyclic) bond motifs is 2. The first-order valence-corrected chi connectivity index (χ1v) is 4.66. The summed E-state index contributed by atoms with van der Waals surface area (Å²) in [4.78, 5) is 15.3. The molecule has 0 spiro atoms. The van der Waals surface area contributed by atoms with Crippen molar-refractivity contribution in [1.82, 2.24) is 9.80 Å². The molecule has 1 aliphatic heterocycles. The Morgan fingerprint density at radius 3 is 2.58 bits per heavy atom. The van der Waals surface area contributed by atoms with E-state index >= 15 is 0 Å². The van der Waals surface area contributed by atoms with Gasteiger partial charge in [-0.05, 0) is 25.2 Å². The monoisotopic (exact) mass is 168 g/mol. The molecule has 0 radical (unpaired) electrons. The lowest BCUT2D eigenvalue weighted by molar-refractivity contribution is 0.155. The molecule has 2 amide bonds. The Balaban J connectivity index is 2.02. The van der Waals surface area contributed by atoms with Gasteiger partial charge in [-0.25, -0.2) is 4.79 Å². The minimum Gasteiger partial charge on any atom is -0.331 e. The Morgan fingerprint density at radius 1 is 1.42 bits per heavy atom. The van der Waals surface area contributed by atoms with Crippen LogP contribution in [0.5, 0.6) is 0 Å². The maximum Gasteiger partial charge on any atom is 0.319 e. The molecule has 2 atom stereocenters. The van der Waals surface area contributed by atoms with Gasteiger partial charge in [-0.1, -0.05) is 0 Å². The highest BCUT2D eigenvalue weighted by Gasteiger charge is 2.40. The fourth-order valence-corrected chi connectivity index (χ4v) is 2.42. The molecule has 1 aliphatic carbocycles. The molecular weight excluding hydrogens is 152 g/mol. The lowest BCUT2D eigenvalue weighted by atomic mass is 10.1. The van der Waals surface area contributed by atoms with Gasteiger partial charge in [-0.2, -0.15) is 0 Å². The zero-order valence-electron chi connectivity index (χ0n) is 7.79. The summed E-state index contributed by atoms with van der Waals surface area (Å²) in [5, 5.41) is 0. The van der Waals surface area contributed by atoms with Gasteiger partial charge >= 0.3 is 6.03 Å². The largest absolute Gasteiger partial charge is 0.331 e. The molecule has 0 N–H and O–H groups in total. The molecule has 2 fully saturated rings. The van der Waals surface area contributed by atoms with Crippen molar-refractivity contribution >= 4 is 6.03 Å². The molecule has 0 aromatic rings. The van der Waals surface area contributed by atoms with E-state index in [0.29, 0.717) is 6.04 Å². The second kappa shape index (κ2) is 2.64. The summed E-state index contributed by atoms with van der Waals surface area (Å²) >= 11 is 0. The van der Waals surface area contributed by atoms with Gasteiger partial charge in [0.15, 0.2) is 0 Å². The molecule has 68 valence electrons. The number of nitrogens with zero attached hydrogens (tertiary/aromatic N) is 2. The zero-order valence-corrected chi connectivity index (χ0v) is 7.79. The Morgan fingerprint density at radius 2 is 2.17 bits per heavy atom. The molecule has 1 saturated carbocycles. The molecule has 3 heteroatoms. The van der Waals surface area contributed by atoms with Crippen molar-refractivity contribution in [3.63, 3.8) is 0 Å². The Kier molecular flexibility index (Phi) is 1.74. The van der Waals surface area contributed by atoms with Crippen molar-refractivity contribution in [3.8, 4) is 0 Å². The fraction of sp³-hybridized carbons (Fsp3) is 0.889. The quantitative estimate of drug-likeness (QED) is 0.532. The van der Waals surface area contributed by atoms with Crippen LogP contribution in [0.25, 0.3) is 0 Å². The molecule has 2 unspecified atom stereocenters. The van der Waals surface area contributed by atoms with Crippen LogP contribution in [0.15, 0.2) is 0 Å². The highest BCUT2D eigenvalue weighted by atomic mass is 16.2. The van der Waals surface area contributed by atoms with Crippen LogP contribution in [-0.4, -0.2) is 42.5 Å². The Hall–Kier alpha value is -0.730. The maximum atomic E-state index is 11.6. The van der Waals surface area contributed by atoms with E-state index in [4.69, 9.17) is 0 Å². The average molecular weight is 168 g/mol. The number of likely N-dealkylation sites (tertiary alicyclic amines) is 1. The van der Waals surface area contributed by atoms with Gasteiger partial charge in [0.2, 0.25) is 0 Å². The molecule has 0 aromatic carbocycles. The van der Waals surface area contributed by atoms with E-state index in [0.717, 1.165) is 12.5 Å². The normalized spacial score (nSPS) is 32.7. The average Bonchev–Trinajstić information content (AvgIpc) is 2.62. The molecule has 1 saturated heterocycles. The van der Waals surface area contributed by atoms with Crippen LogP contribution in [0, 0.1) is 5.92 Å². The number of carbonyl (C=O) groups excluding carboxylic acids is 1. The van der Waals surface area contributed by atoms with Crippen molar-refractivity contribution in [2.45, 2.75) is 25.3 Å². The van der Waals surface area contributed by atoms with Gasteiger partial charge in [0.25, 0.3) is 0 Å². The van der Waals surface area contributed by atoms with E-state index < -0.39 is 0 Å². The molecule has 1 heterocycles. The number of carbonyl (C=O) groups is 1. The second-order valence-corrected chi connectivity index (χ2v) is 4.16. The zero-order chi connectivity index (χ0) is 8.72. The first-order valence-electron chi connectivity index (χ1n) is 4.66. The summed E-state index contributed by atoms with van der Waals surface area (Å²) in [6, 6.07) is 0.757. The number of piperidine rings is 1. The van der Waals surface area contributed by atoms with Gasteiger partial charge in [-0.15, -0.1) is 0 Å². The number of amides is 2. The van der Waals surface area contributed by atoms with Crippen molar-refractivity contribution < 1.29 is 4.79 Å². The minimum atomic E-state index is 0.196.